The van der Waals surface area contributed by atoms with E-state index >= 15 is 0 Å². The minimum absolute atomic E-state index is 0.132. The molecule has 0 spiro atoms. The fraction of sp³-hybridized carbons (Fsp3) is 0.269. The zero-order valence-corrected chi connectivity index (χ0v) is 20.2. The number of hydrogen-bond donors (Lipinski definition) is 1. The van der Waals surface area contributed by atoms with Crippen LogP contribution in [0.25, 0.3) is 5.13 Å². The van der Waals surface area contributed by atoms with Crippen LogP contribution in [0.4, 0.5) is 5.69 Å². The Bertz CT molecular complexity index is 1260. The number of nitrogens with one attached hydrogen (secondary N) is 1. The minimum atomic E-state index is -0.132. The van der Waals surface area contributed by atoms with Gasteiger partial charge in [-0.1, -0.05) is 42.0 Å². The second-order valence-electron chi connectivity index (χ2n) is 8.00. The van der Waals surface area contributed by atoms with E-state index in [2.05, 4.69) is 48.4 Å². The summed E-state index contributed by atoms with van der Waals surface area (Å²) in [4.78, 5) is 17.3. The largest absolute Gasteiger partial charge is 0.492 e. The molecule has 0 saturated carbocycles. The molecule has 4 aromatic rings. The molecule has 0 atom stereocenters. The van der Waals surface area contributed by atoms with Crippen molar-refractivity contribution in [1.29, 1.82) is 0 Å². The van der Waals surface area contributed by atoms with E-state index in [0.717, 1.165) is 22.9 Å². The van der Waals surface area contributed by atoms with Gasteiger partial charge >= 0.3 is 0 Å². The molecule has 1 N–H and O–H groups in total. The van der Waals surface area contributed by atoms with Crippen LogP contribution >= 0.6 is 11.3 Å². The lowest BCUT2D eigenvalue weighted by atomic mass is 10.0. The maximum absolute atomic E-state index is 12.6. The maximum Gasteiger partial charge on any atom is 0.230 e. The van der Waals surface area contributed by atoms with Crippen LogP contribution < -0.4 is 10.1 Å². The molecule has 0 unspecified atom stereocenters. The highest BCUT2D eigenvalue weighted by Crippen LogP contribution is 2.25. The van der Waals surface area contributed by atoms with Gasteiger partial charge in [0.2, 0.25) is 11.0 Å². The van der Waals surface area contributed by atoms with E-state index in [-0.39, 0.29) is 12.3 Å². The molecule has 33 heavy (non-hydrogen) atoms. The fourth-order valence-corrected chi connectivity index (χ4v) is 4.54. The number of para-hydroxylation sites is 2. The van der Waals surface area contributed by atoms with Crippen LogP contribution in [0.1, 0.15) is 40.7 Å². The lowest BCUT2D eigenvalue weighted by molar-refractivity contribution is -0.115. The first kappa shape index (κ1) is 22.7. The molecule has 0 bridgehead atoms. The lowest BCUT2D eigenvalue weighted by Gasteiger charge is -2.10. The van der Waals surface area contributed by atoms with Crippen LogP contribution in [0.2, 0.25) is 0 Å². The first-order valence-corrected chi connectivity index (χ1v) is 11.9. The van der Waals surface area contributed by atoms with Crippen LogP contribution in [-0.4, -0.2) is 27.3 Å². The van der Waals surface area contributed by atoms with Gasteiger partial charge in [0.15, 0.2) is 0 Å². The zero-order chi connectivity index (χ0) is 23.4. The van der Waals surface area contributed by atoms with E-state index in [4.69, 9.17) is 9.84 Å². The highest BCUT2D eigenvalue weighted by atomic mass is 32.1. The summed E-state index contributed by atoms with van der Waals surface area (Å²) in [5.41, 5.74) is 7.17. The molecule has 6 nitrogen and oxygen atoms in total. The van der Waals surface area contributed by atoms with Crippen molar-refractivity contribution in [2.24, 2.45) is 0 Å². The summed E-state index contributed by atoms with van der Waals surface area (Å²) in [7, 11) is 0. The van der Waals surface area contributed by atoms with Crippen molar-refractivity contribution in [1.82, 2.24) is 14.8 Å². The number of benzene rings is 2. The van der Waals surface area contributed by atoms with E-state index in [1.54, 1.807) is 0 Å². The molecular formula is C26H28N4O2S. The van der Waals surface area contributed by atoms with Crippen molar-refractivity contribution < 1.29 is 9.53 Å². The number of aryl methyl sites for hydroxylation is 2. The molecular weight excluding hydrogens is 432 g/mol. The van der Waals surface area contributed by atoms with Crippen molar-refractivity contribution in [2.45, 2.75) is 40.5 Å². The van der Waals surface area contributed by atoms with Gasteiger partial charge in [-0.15, -0.1) is 11.3 Å². The van der Waals surface area contributed by atoms with Crippen LogP contribution in [0.5, 0.6) is 5.75 Å². The monoisotopic (exact) mass is 460 g/mol. The molecule has 2 aromatic carbocycles. The number of thiazole rings is 1. The minimum Gasteiger partial charge on any atom is -0.492 e. The molecule has 0 saturated heterocycles. The Balaban J connectivity index is 1.47. The second kappa shape index (κ2) is 10.0. The van der Waals surface area contributed by atoms with Gasteiger partial charge in [0.1, 0.15) is 5.75 Å². The molecule has 0 aliphatic rings. The second-order valence-corrected chi connectivity index (χ2v) is 8.84. The summed E-state index contributed by atoms with van der Waals surface area (Å²) in [6, 6.07) is 16.0. The smallest absolute Gasteiger partial charge is 0.230 e. The third kappa shape index (κ3) is 5.31. The number of aromatic nitrogens is 3. The van der Waals surface area contributed by atoms with Crippen molar-refractivity contribution >= 4 is 22.9 Å². The van der Waals surface area contributed by atoms with Gasteiger partial charge in [0.05, 0.1) is 30.1 Å². The van der Waals surface area contributed by atoms with Crippen LogP contribution in [0.3, 0.4) is 0 Å². The number of amides is 1. The highest BCUT2D eigenvalue weighted by molar-refractivity contribution is 7.12. The summed E-state index contributed by atoms with van der Waals surface area (Å²) < 4.78 is 7.47. The average Bonchev–Trinajstić information content (AvgIpc) is 3.36. The number of nitrogens with zero attached hydrogens (tertiary/aromatic N) is 3. The maximum atomic E-state index is 12.6. The van der Waals surface area contributed by atoms with Crippen molar-refractivity contribution in [3.8, 4) is 10.9 Å². The van der Waals surface area contributed by atoms with Gasteiger partial charge in [-0.2, -0.15) is 5.10 Å². The summed E-state index contributed by atoms with van der Waals surface area (Å²) in [6.45, 7) is 8.65. The average molecular weight is 461 g/mol. The predicted octanol–water partition coefficient (Wildman–Crippen LogP) is 5.42. The van der Waals surface area contributed by atoms with E-state index in [1.807, 2.05) is 48.2 Å². The molecule has 2 aromatic heterocycles. The quantitative estimate of drug-likeness (QED) is 0.381. The number of carbonyl (C=O) groups excluding carboxylic acids is 1. The molecule has 4 rings (SSSR count). The summed E-state index contributed by atoms with van der Waals surface area (Å²) in [5.74, 6) is 0.531. The van der Waals surface area contributed by atoms with Gasteiger partial charge in [0, 0.05) is 23.1 Å². The highest BCUT2D eigenvalue weighted by Gasteiger charge is 2.17. The van der Waals surface area contributed by atoms with Crippen LogP contribution in [0, 0.1) is 20.8 Å². The summed E-state index contributed by atoms with van der Waals surface area (Å²) >= 11 is 1.49. The number of ether oxygens (including phenoxy) is 1. The number of carbonyl (C=O) groups is 1. The van der Waals surface area contributed by atoms with E-state index < -0.39 is 0 Å². The molecule has 0 aliphatic heterocycles. The SMILES string of the molecule is CCOc1ccccc1NC(=O)Cc1csc(-n2nc(C)c(Cc3ccc(C)cc3)c2C)n1. The Kier molecular flexibility index (Phi) is 6.89. The number of rotatable bonds is 8. The van der Waals surface area contributed by atoms with Gasteiger partial charge in [0.25, 0.3) is 0 Å². The Morgan fingerprint density at radius 2 is 1.85 bits per heavy atom. The fourth-order valence-electron chi connectivity index (χ4n) is 3.71. The van der Waals surface area contributed by atoms with Crippen molar-refractivity contribution in [3.05, 3.63) is 87.7 Å². The molecule has 2 heterocycles. The molecule has 0 aliphatic carbocycles. The van der Waals surface area contributed by atoms with E-state index in [1.165, 1.54) is 28.0 Å². The molecule has 7 heteroatoms. The zero-order valence-electron chi connectivity index (χ0n) is 19.4. The van der Waals surface area contributed by atoms with Gasteiger partial charge in [-0.3, -0.25) is 4.79 Å². The normalized spacial score (nSPS) is 10.9. The van der Waals surface area contributed by atoms with E-state index in [0.29, 0.717) is 23.7 Å². The number of anilines is 1. The Morgan fingerprint density at radius 1 is 1.09 bits per heavy atom. The Morgan fingerprint density at radius 3 is 2.61 bits per heavy atom. The topological polar surface area (TPSA) is 69.0 Å². The first-order chi connectivity index (χ1) is 15.9. The standard InChI is InChI=1S/C26H28N4O2S/c1-5-32-24-9-7-6-8-23(24)28-25(31)15-21-16-33-26(27-21)30-19(4)22(18(3)29-30)14-20-12-10-17(2)11-13-20/h6-13,16H,5,14-15H2,1-4H3,(H,28,31). The van der Waals surface area contributed by atoms with Crippen molar-refractivity contribution in [3.63, 3.8) is 0 Å². The van der Waals surface area contributed by atoms with Crippen LogP contribution in [-0.2, 0) is 17.6 Å². The Labute approximate surface area is 198 Å². The van der Waals surface area contributed by atoms with Gasteiger partial charge < -0.3 is 10.1 Å². The number of hydrogen-bond acceptors (Lipinski definition) is 5. The predicted molar refractivity (Wildman–Crippen MR) is 133 cm³/mol. The van der Waals surface area contributed by atoms with Gasteiger partial charge in [-0.25, -0.2) is 9.67 Å². The summed E-state index contributed by atoms with van der Waals surface area (Å²) in [5, 5.41) is 10.3. The molecule has 0 fully saturated rings. The lowest BCUT2D eigenvalue weighted by Crippen LogP contribution is -2.15. The van der Waals surface area contributed by atoms with E-state index in [9.17, 15) is 4.79 Å². The molecule has 0 radical (unpaired) electrons. The van der Waals surface area contributed by atoms with Crippen LogP contribution in [0.15, 0.2) is 53.9 Å². The van der Waals surface area contributed by atoms with Crippen molar-refractivity contribution in [2.75, 3.05) is 11.9 Å². The van der Waals surface area contributed by atoms with Gasteiger partial charge in [-0.05, 0) is 45.4 Å². The third-order valence-electron chi connectivity index (χ3n) is 5.47. The molecule has 170 valence electrons. The third-order valence-corrected chi connectivity index (χ3v) is 6.33. The first-order valence-electron chi connectivity index (χ1n) is 11.0. The Hall–Kier alpha value is -3.45. The summed E-state index contributed by atoms with van der Waals surface area (Å²) in [6.07, 6.45) is 1.02. The molecule has 1 amide bonds.